The van der Waals surface area contributed by atoms with Gasteiger partial charge in [0.25, 0.3) is 0 Å². The maximum absolute atomic E-state index is 12.8. The second-order valence-corrected chi connectivity index (χ2v) is 10.8. The first-order valence-corrected chi connectivity index (χ1v) is 14.8. The Morgan fingerprint density at radius 2 is 1.59 bits per heavy atom. The van der Waals surface area contributed by atoms with Gasteiger partial charge in [0.1, 0.15) is 11.5 Å². The molecule has 1 aromatic rings. The van der Waals surface area contributed by atoms with Gasteiger partial charge in [-0.15, -0.1) is 11.6 Å². The van der Waals surface area contributed by atoms with Gasteiger partial charge in [-0.25, -0.2) is 0 Å². The lowest BCUT2D eigenvalue weighted by atomic mass is 10.1. The summed E-state index contributed by atoms with van der Waals surface area (Å²) in [5, 5.41) is 0. The van der Waals surface area contributed by atoms with Gasteiger partial charge in [-0.2, -0.15) is 0 Å². The normalized spacial score (nSPS) is 14.1. The summed E-state index contributed by atoms with van der Waals surface area (Å²) in [6.07, 6.45) is 11.4. The molecule has 7 heteroatoms. The fourth-order valence-electron chi connectivity index (χ4n) is 3.91. The van der Waals surface area contributed by atoms with Crippen LogP contribution in [-0.4, -0.2) is 50.1 Å². The molecule has 0 heterocycles. The summed E-state index contributed by atoms with van der Waals surface area (Å²) in [5.74, 6) is 2.98. The summed E-state index contributed by atoms with van der Waals surface area (Å²) in [4.78, 5) is 0. The van der Waals surface area contributed by atoms with Crippen LogP contribution in [0.4, 0.5) is 0 Å². The standard InChI is InChI=1S/C27H47ClO5S/c1-6-7-8-9-10-11-17-34(29)21-24-19-26(32-5)23(20-28)18-27(24)33-16-15-25(31-4)14-12-13-22(2)30-3/h18-19,22,25H,6-17,20-21H2,1-5H3. The summed E-state index contributed by atoms with van der Waals surface area (Å²) in [5.41, 5.74) is 1.79. The van der Waals surface area contributed by atoms with Crippen LogP contribution < -0.4 is 9.47 Å². The van der Waals surface area contributed by atoms with E-state index in [-0.39, 0.29) is 12.2 Å². The number of alkyl halides is 1. The van der Waals surface area contributed by atoms with Crippen LogP contribution in [0, 0.1) is 0 Å². The van der Waals surface area contributed by atoms with E-state index >= 15 is 0 Å². The average molecular weight is 519 g/mol. The van der Waals surface area contributed by atoms with Gasteiger partial charge in [-0.3, -0.25) is 4.21 Å². The summed E-state index contributed by atoms with van der Waals surface area (Å²) >= 11 is 6.14. The third kappa shape index (κ3) is 12.8. The molecule has 0 aliphatic rings. The summed E-state index contributed by atoms with van der Waals surface area (Å²) in [6, 6.07) is 3.87. The molecular weight excluding hydrogens is 472 g/mol. The molecule has 0 aromatic heterocycles. The van der Waals surface area contributed by atoms with Gasteiger partial charge < -0.3 is 18.9 Å². The van der Waals surface area contributed by atoms with Crippen molar-refractivity contribution in [3.63, 3.8) is 0 Å². The van der Waals surface area contributed by atoms with Crippen molar-refractivity contribution in [1.29, 1.82) is 0 Å². The van der Waals surface area contributed by atoms with E-state index in [0.717, 1.165) is 66.9 Å². The highest BCUT2D eigenvalue weighted by atomic mass is 35.5. The molecule has 198 valence electrons. The first-order valence-electron chi connectivity index (χ1n) is 12.8. The molecule has 0 saturated heterocycles. The molecular formula is C27H47ClO5S. The maximum Gasteiger partial charge on any atom is 0.124 e. The predicted molar refractivity (Wildman–Crippen MR) is 144 cm³/mol. The largest absolute Gasteiger partial charge is 0.496 e. The van der Waals surface area contributed by atoms with Gasteiger partial charge in [-0.1, -0.05) is 39.0 Å². The molecule has 0 saturated carbocycles. The molecule has 3 atom stereocenters. The van der Waals surface area contributed by atoms with Crippen LogP contribution in [-0.2, 0) is 31.9 Å². The van der Waals surface area contributed by atoms with Crippen molar-refractivity contribution in [2.45, 2.75) is 102 Å². The molecule has 0 amide bonds. The van der Waals surface area contributed by atoms with Crippen molar-refractivity contribution in [2.24, 2.45) is 0 Å². The molecule has 0 N–H and O–H groups in total. The van der Waals surface area contributed by atoms with E-state index in [1.807, 2.05) is 12.1 Å². The molecule has 0 aliphatic heterocycles. The minimum atomic E-state index is -0.938. The number of unbranched alkanes of at least 4 members (excludes halogenated alkanes) is 5. The Morgan fingerprint density at radius 1 is 0.882 bits per heavy atom. The van der Waals surface area contributed by atoms with Gasteiger partial charge in [0.05, 0.1) is 37.6 Å². The molecule has 0 fully saturated rings. The molecule has 5 nitrogen and oxygen atoms in total. The van der Waals surface area contributed by atoms with Crippen LogP contribution in [0.25, 0.3) is 0 Å². The van der Waals surface area contributed by atoms with Crippen molar-refractivity contribution in [1.82, 2.24) is 0 Å². The van der Waals surface area contributed by atoms with Crippen LogP contribution in [0.1, 0.15) is 89.2 Å². The quantitative estimate of drug-likeness (QED) is 0.129. The first kappa shape index (κ1) is 31.2. The Morgan fingerprint density at radius 3 is 2.24 bits per heavy atom. The van der Waals surface area contributed by atoms with Crippen LogP contribution in [0.5, 0.6) is 11.5 Å². The fraction of sp³-hybridized carbons (Fsp3) is 0.778. The number of hydrogen-bond acceptors (Lipinski definition) is 5. The van der Waals surface area contributed by atoms with Crippen molar-refractivity contribution in [3.8, 4) is 11.5 Å². The molecule has 1 rings (SSSR count). The van der Waals surface area contributed by atoms with Gasteiger partial charge in [0, 0.05) is 48.3 Å². The Bertz CT molecular complexity index is 685. The number of hydrogen-bond donors (Lipinski definition) is 0. The molecule has 0 radical (unpaired) electrons. The highest BCUT2D eigenvalue weighted by Crippen LogP contribution is 2.31. The SMILES string of the molecule is CCCCCCCCS(=O)Cc1cc(OC)c(CCl)cc1OCCC(CCCC(C)OC)OC. The molecule has 3 unspecified atom stereocenters. The predicted octanol–water partition coefficient (Wildman–Crippen LogP) is 7.03. The zero-order chi connectivity index (χ0) is 25.2. The molecule has 0 aliphatic carbocycles. The van der Waals surface area contributed by atoms with Crippen molar-refractivity contribution >= 4 is 22.4 Å². The van der Waals surface area contributed by atoms with E-state index in [4.69, 9.17) is 30.5 Å². The van der Waals surface area contributed by atoms with Gasteiger partial charge in [0.15, 0.2) is 0 Å². The van der Waals surface area contributed by atoms with Crippen LogP contribution in [0.2, 0.25) is 0 Å². The second kappa shape index (κ2) is 19.4. The molecule has 0 spiro atoms. The van der Waals surface area contributed by atoms with Crippen LogP contribution >= 0.6 is 11.6 Å². The van der Waals surface area contributed by atoms with E-state index in [9.17, 15) is 4.21 Å². The number of benzene rings is 1. The van der Waals surface area contributed by atoms with Gasteiger partial charge in [0.2, 0.25) is 0 Å². The number of methoxy groups -OCH3 is 3. The number of ether oxygens (including phenoxy) is 4. The van der Waals surface area contributed by atoms with Crippen molar-refractivity contribution < 1.29 is 23.2 Å². The van der Waals surface area contributed by atoms with Gasteiger partial charge >= 0.3 is 0 Å². The first-order chi connectivity index (χ1) is 16.5. The monoisotopic (exact) mass is 518 g/mol. The zero-order valence-electron chi connectivity index (χ0n) is 22.0. The second-order valence-electron chi connectivity index (χ2n) is 8.93. The highest BCUT2D eigenvalue weighted by Gasteiger charge is 2.15. The smallest absolute Gasteiger partial charge is 0.124 e. The Hall–Kier alpha value is -0.820. The molecule has 34 heavy (non-hydrogen) atoms. The topological polar surface area (TPSA) is 54.0 Å². The van der Waals surface area contributed by atoms with Crippen molar-refractivity contribution in [2.75, 3.05) is 33.7 Å². The lowest BCUT2D eigenvalue weighted by molar-refractivity contribution is 0.0634. The Balaban J connectivity index is 2.68. The summed E-state index contributed by atoms with van der Waals surface area (Å²) in [6.45, 7) is 4.84. The summed E-state index contributed by atoms with van der Waals surface area (Å²) < 4.78 is 35.5. The third-order valence-corrected chi connectivity index (χ3v) is 7.88. The molecule has 1 aromatic carbocycles. The Labute approximate surface area is 215 Å². The zero-order valence-corrected chi connectivity index (χ0v) is 23.6. The lowest BCUT2D eigenvalue weighted by Gasteiger charge is -2.19. The minimum absolute atomic E-state index is 0.139. The van der Waals surface area contributed by atoms with Crippen LogP contribution in [0.15, 0.2) is 12.1 Å². The third-order valence-electron chi connectivity index (χ3n) is 6.22. The van der Waals surface area contributed by atoms with Crippen molar-refractivity contribution in [3.05, 3.63) is 23.3 Å². The number of rotatable bonds is 21. The molecule has 0 bridgehead atoms. The van der Waals surface area contributed by atoms with E-state index in [2.05, 4.69) is 13.8 Å². The van der Waals surface area contributed by atoms with Gasteiger partial charge in [-0.05, 0) is 44.7 Å². The van der Waals surface area contributed by atoms with E-state index in [1.54, 1.807) is 21.3 Å². The van der Waals surface area contributed by atoms with E-state index < -0.39 is 10.8 Å². The highest BCUT2D eigenvalue weighted by molar-refractivity contribution is 7.84. The summed E-state index contributed by atoms with van der Waals surface area (Å²) in [7, 11) is 4.19. The number of halogens is 1. The lowest BCUT2D eigenvalue weighted by Crippen LogP contribution is -2.16. The Kier molecular flexibility index (Phi) is 17.8. The van der Waals surface area contributed by atoms with E-state index in [0.29, 0.717) is 18.2 Å². The maximum atomic E-state index is 12.8. The fourth-order valence-corrected chi connectivity index (χ4v) is 5.36. The average Bonchev–Trinajstić information content (AvgIpc) is 2.85. The van der Waals surface area contributed by atoms with E-state index in [1.165, 1.54) is 25.7 Å². The minimum Gasteiger partial charge on any atom is -0.496 e. The van der Waals surface area contributed by atoms with Crippen LogP contribution in [0.3, 0.4) is 0 Å².